The van der Waals surface area contributed by atoms with Crippen molar-refractivity contribution in [1.29, 1.82) is 0 Å². The number of nitro benzene ring substituents is 1. The van der Waals surface area contributed by atoms with Gasteiger partial charge in [0.15, 0.2) is 0 Å². The van der Waals surface area contributed by atoms with Crippen molar-refractivity contribution in [2.45, 2.75) is 11.6 Å². The quantitative estimate of drug-likeness (QED) is 0.636. The zero-order valence-corrected chi connectivity index (χ0v) is 11.3. The molecule has 0 spiro atoms. The molecule has 0 radical (unpaired) electrons. The lowest BCUT2D eigenvalue weighted by atomic mass is 10.2. The maximum atomic E-state index is 13.5. The number of sulfonamides is 1. The van der Waals surface area contributed by atoms with E-state index in [0.29, 0.717) is 0 Å². The summed E-state index contributed by atoms with van der Waals surface area (Å²) in [6.07, 6.45) is 0. The van der Waals surface area contributed by atoms with Crippen molar-refractivity contribution < 1.29 is 22.1 Å². The molecule has 10 heteroatoms. The van der Waals surface area contributed by atoms with Crippen LogP contribution in [0.4, 0.5) is 15.8 Å². The topological polar surface area (TPSA) is 128 Å². The molecule has 0 saturated carbocycles. The molecule has 1 aromatic carbocycles. The second kappa shape index (κ2) is 5.50. The summed E-state index contributed by atoms with van der Waals surface area (Å²) in [5.74, 6) is -0.497. The van der Waals surface area contributed by atoms with Gasteiger partial charge in [0.1, 0.15) is 11.6 Å². The van der Waals surface area contributed by atoms with Gasteiger partial charge in [-0.1, -0.05) is 0 Å². The van der Waals surface area contributed by atoms with E-state index in [1.165, 1.54) is 6.07 Å². The molecule has 0 unspecified atom stereocenters. The Hall–Kier alpha value is -2.46. The largest absolute Gasteiger partial charge is 0.446 e. The highest BCUT2D eigenvalue weighted by Crippen LogP contribution is 2.22. The van der Waals surface area contributed by atoms with Crippen LogP contribution >= 0.6 is 0 Å². The molecule has 0 atom stereocenters. The summed E-state index contributed by atoms with van der Waals surface area (Å²) in [5.41, 5.74) is -0.374. The Morgan fingerprint density at radius 3 is 2.62 bits per heavy atom. The van der Waals surface area contributed by atoms with Crippen LogP contribution < -0.4 is 10.5 Å². The first-order valence-electron chi connectivity index (χ1n) is 5.56. The van der Waals surface area contributed by atoms with Gasteiger partial charge in [-0.15, -0.1) is 0 Å². The van der Waals surface area contributed by atoms with Crippen molar-refractivity contribution in [1.82, 2.24) is 0 Å². The molecule has 0 amide bonds. The van der Waals surface area contributed by atoms with Crippen LogP contribution in [0.1, 0.15) is 5.76 Å². The molecule has 2 aromatic rings. The zero-order valence-electron chi connectivity index (χ0n) is 10.4. The molecule has 2 rings (SSSR count). The highest BCUT2D eigenvalue weighted by atomic mass is 32.2. The fraction of sp³-hybridized carbons (Fsp3) is 0.0909. The van der Waals surface area contributed by atoms with Gasteiger partial charge in [-0.25, -0.2) is 17.9 Å². The van der Waals surface area contributed by atoms with Crippen LogP contribution in [0.15, 0.2) is 39.8 Å². The van der Waals surface area contributed by atoms with Crippen LogP contribution in [0.25, 0.3) is 0 Å². The van der Waals surface area contributed by atoms with Crippen molar-refractivity contribution in [2.24, 2.45) is 5.14 Å². The minimum absolute atomic E-state index is 0.0619. The van der Waals surface area contributed by atoms with E-state index in [9.17, 15) is 22.9 Å². The molecule has 0 fully saturated rings. The zero-order chi connectivity index (χ0) is 15.6. The fourth-order valence-electron chi connectivity index (χ4n) is 1.55. The van der Waals surface area contributed by atoms with Gasteiger partial charge < -0.3 is 9.73 Å². The van der Waals surface area contributed by atoms with Gasteiger partial charge in [-0.2, -0.15) is 0 Å². The molecule has 0 aliphatic heterocycles. The Bertz CT molecular complexity index is 787. The summed E-state index contributed by atoms with van der Waals surface area (Å²) in [6.45, 7) is -0.0619. The number of anilines is 1. The first kappa shape index (κ1) is 14.9. The number of nitrogens with one attached hydrogen (secondary N) is 1. The molecule has 0 bridgehead atoms. The predicted octanol–water partition coefficient (Wildman–Crippen LogP) is 1.59. The van der Waals surface area contributed by atoms with Crippen LogP contribution in [0.2, 0.25) is 0 Å². The second-order valence-electron chi connectivity index (χ2n) is 4.04. The van der Waals surface area contributed by atoms with Gasteiger partial charge in [-0.3, -0.25) is 10.1 Å². The summed E-state index contributed by atoms with van der Waals surface area (Å²) < 4.78 is 40.5. The average molecular weight is 315 g/mol. The third kappa shape index (κ3) is 3.55. The number of furan rings is 1. The Balaban J connectivity index is 2.15. The van der Waals surface area contributed by atoms with E-state index in [4.69, 9.17) is 9.56 Å². The third-order valence-electron chi connectivity index (χ3n) is 2.53. The van der Waals surface area contributed by atoms with Crippen molar-refractivity contribution in [3.05, 3.63) is 52.0 Å². The van der Waals surface area contributed by atoms with Crippen LogP contribution in [0.5, 0.6) is 0 Å². The molecular weight excluding hydrogens is 305 g/mol. The van der Waals surface area contributed by atoms with Crippen molar-refractivity contribution in [3.8, 4) is 0 Å². The van der Waals surface area contributed by atoms with Crippen LogP contribution in [-0.4, -0.2) is 13.3 Å². The average Bonchev–Trinajstić information content (AvgIpc) is 2.86. The number of rotatable bonds is 5. The monoisotopic (exact) mass is 315 g/mol. The van der Waals surface area contributed by atoms with Crippen molar-refractivity contribution in [2.75, 3.05) is 5.32 Å². The molecular formula is C11H10FN3O5S. The van der Waals surface area contributed by atoms with E-state index in [2.05, 4.69) is 5.32 Å². The van der Waals surface area contributed by atoms with Gasteiger partial charge in [0.25, 0.3) is 15.7 Å². The number of non-ortho nitro benzene ring substituents is 1. The van der Waals surface area contributed by atoms with Gasteiger partial charge in [-0.05, 0) is 18.2 Å². The lowest BCUT2D eigenvalue weighted by Gasteiger charge is -2.05. The second-order valence-corrected chi connectivity index (χ2v) is 5.53. The Labute approximate surface area is 118 Å². The molecule has 8 nitrogen and oxygen atoms in total. The molecule has 0 aliphatic rings. The maximum absolute atomic E-state index is 13.5. The number of benzene rings is 1. The number of nitrogens with two attached hydrogens (primary N) is 1. The number of nitrogens with zero attached hydrogens (tertiary/aromatic N) is 1. The van der Waals surface area contributed by atoms with E-state index in [-0.39, 0.29) is 23.7 Å². The first-order valence-corrected chi connectivity index (χ1v) is 7.11. The molecule has 1 heterocycles. The number of primary sulfonamides is 1. The van der Waals surface area contributed by atoms with Crippen LogP contribution in [-0.2, 0) is 16.6 Å². The van der Waals surface area contributed by atoms with E-state index in [1.54, 1.807) is 0 Å². The summed E-state index contributed by atoms with van der Waals surface area (Å²) in [6, 6.07) is 5.53. The molecule has 112 valence electrons. The maximum Gasteiger partial charge on any atom is 0.271 e. The van der Waals surface area contributed by atoms with E-state index < -0.39 is 25.9 Å². The minimum atomic E-state index is -3.95. The third-order valence-corrected chi connectivity index (χ3v) is 3.31. The smallest absolute Gasteiger partial charge is 0.271 e. The van der Waals surface area contributed by atoms with E-state index in [1.807, 2.05) is 0 Å². The van der Waals surface area contributed by atoms with E-state index >= 15 is 0 Å². The Morgan fingerprint density at radius 1 is 1.33 bits per heavy atom. The first-order chi connectivity index (χ1) is 9.77. The van der Waals surface area contributed by atoms with Crippen molar-refractivity contribution >= 4 is 21.4 Å². The minimum Gasteiger partial charge on any atom is -0.446 e. The van der Waals surface area contributed by atoms with Gasteiger partial charge >= 0.3 is 0 Å². The standard InChI is InChI=1S/C11H10FN3O5S/c12-9-3-1-7(15(16)17)5-10(9)14-6-8-2-4-11(20-8)21(13,18)19/h1-5,14H,6H2,(H2,13,18,19). The number of hydrogen-bond acceptors (Lipinski definition) is 6. The highest BCUT2D eigenvalue weighted by Gasteiger charge is 2.14. The summed E-state index contributed by atoms with van der Waals surface area (Å²) in [5, 5.41) is 17.6. The normalized spacial score (nSPS) is 11.3. The molecule has 3 N–H and O–H groups in total. The van der Waals surface area contributed by atoms with Crippen LogP contribution in [0, 0.1) is 15.9 Å². The molecule has 1 aromatic heterocycles. The highest BCUT2D eigenvalue weighted by molar-refractivity contribution is 7.89. The Kier molecular flexibility index (Phi) is 3.91. The fourth-order valence-corrected chi connectivity index (χ4v) is 2.03. The summed E-state index contributed by atoms with van der Waals surface area (Å²) in [7, 11) is -3.95. The summed E-state index contributed by atoms with van der Waals surface area (Å²) >= 11 is 0. The molecule has 0 saturated heterocycles. The predicted molar refractivity (Wildman–Crippen MR) is 70.5 cm³/mol. The lowest BCUT2D eigenvalue weighted by molar-refractivity contribution is -0.384. The van der Waals surface area contributed by atoms with Gasteiger partial charge in [0, 0.05) is 12.1 Å². The number of hydrogen-bond donors (Lipinski definition) is 2. The Morgan fingerprint density at radius 2 is 2.05 bits per heavy atom. The van der Waals surface area contributed by atoms with Gasteiger partial charge in [0.2, 0.25) is 5.09 Å². The number of halogens is 1. The lowest BCUT2D eigenvalue weighted by Crippen LogP contribution is -2.10. The SMILES string of the molecule is NS(=O)(=O)c1ccc(CNc2cc([N+](=O)[O-])ccc2F)o1. The number of nitro groups is 1. The van der Waals surface area contributed by atoms with Crippen molar-refractivity contribution in [3.63, 3.8) is 0 Å². The van der Waals surface area contributed by atoms with E-state index in [0.717, 1.165) is 24.3 Å². The van der Waals surface area contributed by atoms with Gasteiger partial charge in [0.05, 0.1) is 17.2 Å². The van der Waals surface area contributed by atoms with Crippen LogP contribution in [0.3, 0.4) is 0 Å². The summed E-state index contributed by atoms with van der Waals surface area (Å²) in [4.78, 5) is 9.95. The molecule has 21 heavy (non-hydrogen) atoms. The molecule has 0 aliphatic carbocycles.